The van der Waals surface area contributed by atoms with Crippen LogP contribution in [0.2, 0.25) is 0 Å². The molecule has 0 aromatic heterocycles. The molecule has 0 saturated heterocycles. The van der Waals surface area contributed by atoms with Crippen LogP contribution >= 0.6 is 0 Å². The van der Waals surface area contributed by atoms with E-state index in [1.807, 2.05) is 12.1 Å². The Morgan fingerprint density at radius 2 is 1.95 bits per heavy atom. The van der Waals surface area contributed by atoms with Crippen LogP contribution in [0.25, 0.3) is 6.08 Å². The van der Waals surface area contributed by atoms with Crippen LogP contribution in [0.5, 0.6) is 11.5 Å². The molecule has 1 saturated carbocycles. The highest BCUT2D eigenvalue weighted by Gasteiger charge is 2.11. The Balaban J connectivity index is 2.17. The van der Waals surface area contributed by atoms with Gasteiger partial charge in [-0.1, -0.05) is 43.1 Å². The van der Waals surface area contributed by atoms with Gasteiger partial charge in [0.15, 0.2) is 0 Å². The highest BCUT2D eigenvalue weighted by atomic mass is 16.5. The summed E-state index contributed by atoms with van der Waals surface area (Å²) < 4.78 is 5.47. The number of aromatic hydroxyl groups is 1. The van der Waals surface area contributed by atoms with Crippen molar-refractivity contribution in [1.29, 1.82) is 0 Å². The summed E-state index contributed by atoms with van der Waals surface area (Å²) >= 11 is 0. The number of benzene rings is 1. The minimum Gasteiger partial charge on any atom is -0.507 e. The molecular formula is C20H28O2. The first-order valence-corrected chi connectivity index (χ1v) is 8.31. The average molecular weight is 300 g/mol. The van der Waals surface area contributed by atoms with Crippen LogP contribution in [0.15, 0.2) is 29.9 Å². The number of hydrogen-bond donors (Lipinski definition) is 1. The molecule has 0 radical (unpaired) electrons. The number of phenols is 1. The predicted octanol–water partition coefficient (Wildman–Crippen LogP) is 5.50. The molecule has 1 aromatic rings. The number of methoxy groups -OCH3 is 1. The zero-order chi connectivity index (χ0) is 15.9. The van der Waals surface area contributed by atoms with E-state index in [-0.39, 0.29) is 0 Å². The van der Waals surface area contributed by atoms with Crippen molar-refractivity contribution in [2.75, 3.05) is 7.11 Å². The first-order chi connectivity index (χ1) is 10.6. The minimum absolute atomic E-state index is 0.320. The third-order valence-electron chi connectivity index (χ3n) is 4.35. The molecule has 22 heavy (non-hydrogen) atoms. The van der Waals surface area contributed by atoms with Gasteiger partial charge in [-0.25, -0.2) is 0 Å². The number of phenolic OH excluding ortho intramolecular Hbond substituents is 1. The van der Waals surface area contributed by atoms with Gasteiger partial charge in [0, 0.05) is 5.56 Å². The van der Waals surface area contributed by atoms with Gasteiger partial charge in [-0.05, 0) is 56.7 Å². The summed E-state index contributed by atoms with van der Waals surface area (Å²) in [6, 6.07) is 3.86. The molecule has 0 unspecified atom stereocenters. The quantitative estimate of drug-likeness (QED) is 0.727. The molecule has 0 aliphatic heterocycles. The van der Waals surface area contributed by atoms with Crippen LogP contribution in [0.3, 0.4) is 0 Å². The van der Waals surface area contributed by atoms with E-state index in [2.05, 4.69) is 32.1 Å². The number of rotatable bonds is 5. The van der Waals surface area contributed by atoms with Crippen LogP contribution in [0.4, 0.5) is 0 Å². The van der Waals surface area contributed by atoms with E-state index in [4.69, 9.17) is 4.74 Å². The number of allylic oxidation sites excluding steroid dienone is 3. The Bertz CT molecular complexity index is 545. The highest BCUT2D eigenvalue weighted by Crippen LogP contribution is 2.32. The maximum Gasteiger partial charge on any atom is 0.126 e. The molecular weight excluding hydrogens is 272 g/mol. The van der Waals surface area contributed by atoms with Crippen LogP contribution in [-0.2, 0) is 6.42 Å². The van der Waals surface area contributed by atoms with Crippen LogP contribution in [-0.4, -0.2) is 12.2 Å². The Morgan fingerprint density at radius 1 is 1.23 bits per heavy atom. The van der Waals surface area contributed by atoms with Gasteiger partial charge in [0.1, 0.15) is 11.5 Å². The van der Waals surface area contributed by atoms with Crippen LogP contribution in [0, 0.1) is 5.92 Å². The van der Waals surface area contributed by atoms with Crippen molar-refractivity contribution in [2.24, 2.45) is 5.92 Å². The summed E-state index contributed by atoms with van der Waals surface area (Å²) in [5.41, 5.74) is 3.11. The van der Waals surface area contributed by atoms with E-state index in [9.17, 15) is 5.11 Å². The van der Waals surface area contributed by atoms with Crippen molar-refractivity contribution in [2.45, 2.75) is 52.4 Å². The molecule has 1 aliphatic carbocycles. The lowest BCUT2D eigenvalue weighted by Gasteiger charge is -2.17. The average Bonchev–Trinajstić information content (AvgIpc) is 2.52. The SMILES string of the molecule is COc1cc(/C=C/C2CCCCC2)cc(O)c1CC=C(C)C. The predicted molar refractivity (Wildman–Crippen MR) is 93.4 cm³/mol. The second kappa shape index (κ2) is 8.07. The van der Waals surface area contributed by atoms with Gasteiger partial charge in [0.25, 0.3) is 0 Å². The molecule has 1 aromatic carbocycles. The number of ether oxygens (including phenoxy) is 1. The molecule has 1 aliphatic rings. The maximum absolute atomic E-state index is 10.3. The maximum atomic E-state index is 10.3. The van der Waals surface area contributed by atoms with Crippen molar-refractivity contribution in [3.8, 4) is 11.5 Å². The fraction of sp³-hybridized carbons (Fsp3) is 0.500. The molecule has 0 atom stereocenters. The molecule has 0 heterocycles. The smallest absolute Gasteiger partial charge is 0.126 e. The zero-order valence-corrected chi connectivity index (χ0v) is 14.1. The summed E-state index contributed by atoms with van der Waals surface area (Å²) in [6.07, 6.45) is 13.9. The summed E-state index contributed by atoms with van der Waals surface area (Å²) in [6.45, 7) is 4.12. The molecule has 120 valence electrons. The summed E-state index contributed by atoms with van der Waals surface area (Å²) in [5, 5.41) is 10.3. The fourth-order valence-corrected chi connectivity index (χ4v) is 3.01. The lowest BCUT2D eigenvalue weighted by molar-refractivity contribution is 0.401. The topological polar surface area (TPSA) is 29.5 Å². The minimum atomic E-state index is 0.320. The Kier molecular flexibility index (Phi) is 6.11. The first-order valence-electron chi connectivity index (χ1n) is 8.31. The van der Waals surface area contributed by atoms with E-state index in [1.165, 1.54) is 37.7 Å². The molecule has 2 heteroatoms. The summed E-state index contributed by atoms with van der Waals surface area (Å²) in [5.74, 6) is 1.77. The second-order valence-corrected chi connectivity index (χ2v) is 6.46. The van der Waals surface area contributed by atoms with Gasteiger partial charge in [-0.15, -0.1) is 0 Å². The Morgan fingerprint density at radius 3 is 2.59 bits per heavy atom. The van der Waals surface area contributed by atoms with E-state index >= 15 is 0 Å². The second-order valence-electron chi connectivity index (χ2n) is 6.46. The van der Waals surface area contributed by atoms with E-state index in [0.717, 1.165) is 16.9 Å². The zero-order valence-electron chi connectivity index (χ0n) is 14.1. The summed E-state index contributed by atoms with van der Waals surface area (Å²) in [7, 11) is 1.66. The van der Waals surface area contributed by atoms with Crippen molar-refractivity contribution in [1.82, 2.24) is 0 Å². The standard InChI is InChI=1S/C20H28O2/c1-15(2)9-12-18-19(21)13-17(14-20(18)22-3)11-10-16-7-5-4-6-8-16/h9-11,13-14,16,21H,4-8,12H2,1-3H3/b11-10+. The molecule has 0 amide bonds. The molecule has 2 rings (SSSR count). The Hall–Kier alpha value is -1.70. The van der Waals surface area contributed by atoms with Crippen molar-refractivity contribution >= 4 is 6.08 Å². The van der Waals surface area contributed by atoms with E-state index in [1.54, 1.807) is 7.11 Å². The van der Waals surface area contributed by atoms with E-state index in [0.29, 0.717) is 18.1 Å². The van der Waals surface area contributed by atoms with Crippen molar-refractivity contribution in [3.63, 3.8) is 0 Å². The number of hydrogen-bond acceptors (Lipinski definition) is 2. The third kappa shape index (κ3) is 4.66. The first kappa shape index (κ1) is 16.7. The lowest BCUT2D eigenvalue weighted by Crippen LogP contribution is -2.02. The fourth-order valence-electron chi connectivity index (χ4n) is 3.01. The third-order valence-corrected chi connectivity index (χ3v) is 4.35. The molecule has 2 nitrogen and oxygen atoms in total. The van der Waals surface area contributed by atoms with Gasteiger partial charge in [0.2, 0.25) is 0 Å². The van der Waals surface area contributed by atoms with Crippen LogP contribution in [0.1, 0.15) is 57.1 Å². The van der Waals surface area contributed by atoms with Gasteiger partial charge in [-0.2, -0.15) is 0 Å². The van der Waals surface area contributed by atoms with Crippen molar-refractivity contribution in [3.05, 3.63) is 41.0 Å². The molecule has 1 fully saturated rings. The van der Waals surface area contributed by atoms with E-state index < -0.39 is 0 Å². The van der Waals surface area contributed by atoms with Crippen LogP contribution < -0.4 is 4.74 Å². The largest absolute Gasteiger partial charge is 0.507 e. The van der Waals surface area contributed by atoms with Gasteiger partial charge in [-0.3, -0.25) is 0 Å². The van der Waals surface area contributed by atoms with Gasteiger partial charge >= 0.3 is 0 Å². The highest BCUT2D eigenvalue weighted by molar-refractivity contribution is 5.59. The van der Waals surface area contributed by atoms with Gasteiger partial charge in [0.05, 0.1) is 7.11 Å². The van der Waals surface area contributed by atoms with Crippen molar-refractivity contribution < 1.29 is 9.84 Å². The summed E-state index contributed by atoms with van der Waals surface area (Å²) in [4.78, 5) is 0. The molecule has 0 spiro atoms. The lowest BCUT2D eigenvalue weighted by atomic mass is 9.88. The molecule has 0 bridgehead atoms. The monoisotopic (exact) mass is 300 g/mol. The Labute approximate surface area is 134 Å². The molecule has 1 N–H and O–H groups in total. The van der Waals surface area contributed by atoms with Gasteiger partial charge < -0.3 is 9.84 Å². The normalized spacial score (nSPS) is 16.0.